The number of hydrogen-bond acceptors (Lipinski definition) is 0. The summed E-state index contributed by atoms with van der Waals surface area (Å²) >= 11 is 0. The van der Waals surface area contributed by atoms with E-state index in [2.05, 4.69) is 63.1 Å². The minimum Gasteiger partial charge on any atom is -0.342 e. The third-order valence-corrected chi connectivity index (χ3v) is 3.24. The number of nitrogens with zero attached hydrogens (tertiary/aromatic N) is 2. The monoisotopic (exact) mass is 231 g/mol. The molecule has 2 nitrogen and oxygen atoms in total. The predicted octanol–water partition coefficient (Wildman–Crippen LogP) is 3.64. The van der Waals surface area contributed by atoms with Crippen LogP contribution < -0.4 is 4.48 Å². The molecule has 0 saturated carbocycles. The van der Waals surface area contributed by atoms with Gasteiger partial charge in [-0.1, -0.05) is 25.5 Å². The second-order valence-corrected chi connectivity index (χ2v) is 5.59. The van der Waals surface area contributed by atoms with Gasteiger partial charge in [0.2, 0.25) is 0 Å². The lowest BCUT2D eigenvalue weighted by Crippen LogP contribution is -2.34. The van der Waals surface area contributed by atoms with E-state index in [1.807, 2.05) is 0 Å². The molecule has 0 aliphatic heterocycles. The SMILES string of the molecule is CCCCn1cc([N+](C)(C)C)c2ccccc21. The Balaban J connectivity index is 2.55. The van der Waals surface area contributed by atoms with Crippen molar-refractivity contribution in [3.63, 3.8) is 0 Å². The highest BCUT2D eigenvalue weighted by Crippen LogP contribution is 2.30. The lowest BCUT2D eigenvalue weighted by Gasteiger charge is -2.22. The quantitative estimate of drug-likeness (QED) is 0.708. The van der Waals surface area contributed by atoms with Crippen molar-refractivity contribution in [2.75, 3.05) is 21.1 Å². The van der Waals surface area contributed by atoms with E-state index >= 15 is 0 Å². The molecule has 0 aliphatic rings. The first-order valence-electron chi connectivity index (χ1n) is 6.44. The van der Waals surface area contributed by atoms with Gasteiger partial charge in [0.1, 0.15) is 0 Å². The Labute approximate surface area is 104 Å². The molecule has 0 atom stereocenters. The van der Waals surface area contributed by atoms with Crippen molar-refractivity contribution in [2.45, 2.75) is 26.3 Å². The van der Waals surface area contributed by atoms with E-state index in [0.29, 0.717) is 0 Å². The standard InChI is InChI=1S/C15H23N2/c1-5-6-11-16-12-15(17(2,3)4)13-9-7-8-10-14(13)16/h7-10,12H,5-6,11H2,1-4H3/q+1. The highest BCUT2D eigenvalue weighted by molar-refractivity contribution is 5.92. The summed E-state index contributed by atoms with van der Waals surface area (Å²) in [4.78, 5) is 0. The number of fused-ring (bicyclic) bond motifs is 1. The molecule has 17 heavy (non-hydrogen) atoms. The first-order valence-corrected chi connectivity index (χ1v) is 6.44. The maximum atomic E-state index is 2.40. The third kappa shape index (κ3) is 2.37. The average Bonchev–Trinajstić information content (AvgIpc) is 2.65. The summed E-state index contributed by atoms with van der Waals surface area (Å²) in [7, 11) is 6.68. The minimum atomic E-state index is 0.875. The van der Waals surface area contributed by atoms with Crippen LogP contribution in [-0.4, -0.2) is 25.7 Å². The van der Waals surface area contributed by atoms with Gasteiger partial charge in [0, 0.05) is 6.54 Å². The predicted molar refractivity (Wildman–Crippen MR) is 76.4 cm³/mol. The first kappa shape index (κ1) is 12.2. The Morgan fingerprint density at radius 1 is 1.12 bits per heavy atom. The summed E-state index contributed by atoms with van der Waals surface area (Å²) in [5, 5.41) is 1.39. The first-order chi connectivity index (χ1) is 8.04. The molecule has 0 bridgehead atoms. The van der Waals surface area contributed by atoms with E-state index in [1.54, 1.807) is 0 Å². The molecule has 0 saturated heterocycles. The highest BCUT2D eigenvalue weighted by Gasteiger charge is 2.19. The Kier molecular flexibility index (Phi) is 3.25. The topological polar surface area (TPSA) is 4.93 Å². The van der Waals surface area contributed by atoms with E-state index < -0.39 is 0 Å². The van der Waals surface area contributed by atoms with Gasteiger partial charge >= 0.3 is 0 Å². The fourth-order valence-electron chi connectivity index (χ4n) is 2.28. The van der Waals surface area contributed by atoms with Crippen molar-refractivity contribution >= 4 is 16.6 Å². The van der Waals surface area contributed by atoms with Crippen LogP contribution in [0.5, 0.6) is 0 Å². The van der Waals surface area contributed by atoms with Crippen molar-refractivity contribution < 1.29 is 0 Å². The maximum Gasteiger partial charge on any atom is 0.158 e. The van der Waals surface area contributed by atoms with Crippen LogP contribution in [0.3, 0.4) is 0 Å². The molecule has 2 rings (SSSR count). The summed E-state index contributed by atoms with van der Waals surface area (Å²) in [5.74, 6) is 0. The van der Waals surface area contributed by atoms with E-state index in [1.165, 1.54) is 29.4 Å². The molecule has 1 aromatic heterocycles. The molecule has 0 N–H and O–H groups in total. The van der Waals surface area contributed by atoms with Gasteiger partial charge in [-0.2, -0.15) is 0 Å². The molecule has 0 fully saturated rings. The van der Waals surface area contributed by atoms with Crippen LogP contribution in [0.25, 0.3) is 10.9 Å². The zero-order valence-electron chi connectivity index (χ0n) is 11.4. The Morgan fingerprint density at radius 2 is 1.82 bits per heavy atom. The molecule has 2 heteroatoms. The van der Waals surface area contributed by atoms with Crippen molar-refractivity contribution in [2.24, 2.45) is 0 Å². The summed E-state index contributed by atoms with van der Waals surface area (Å²) in [6.07, 6.45) is 4.81. The summed E-state index contributed by atoms with van der Waals surface area (Å²) < 4.78 is 3.28. The molecular formula is C15H23N2+. The van der Waals surface area contributed by atoms with Crippen molar-refractivity contribution in [1.29, 1.82) is 0 Å². The maximum absolute atomic E-state index is 2.40. The summed E-state index contributed by atoms with van der Waals surface area (Å²) in [6.45, 7) is 3.36. The van der Waals surface area contributed by atoms with Crippen LogP contribution >= 0.6 is 0 Å². The van der Waals surface area contributed by atoms with Crippen LogP contribution in [0.2, 0.25) is 0 Å². The number of para-hydroxylation sites is 1. The van der Waals surface area contributed by atoms with Gasteiger partial charge in [0.15, 0.2) is 5.69 Å². The van der Waals surface area contributed by atoms with Gasteiger partial charge in [-0.05, 0) is 18.6 Å². The smallest absolute Gasteiger partial charge is 0.158 e. The van der Waals surface area contributed by atoms with Gasteiger partial charge < -0.3 is 4.57 Å². The second kappa shape index (κ2) is 4.53. The minimum absolute atomic E-state index is 0.875. The summed E-state index contributed by atoms with van der Waals surface area (Å²) in [5.41, 5.74) is 2.76. The van der Waals surface area contributed by atoms with Gasteiger partial charge in [0.25, 0.3) is 0 Å². The molecule has 1 heterocycles. The number of aromatic nitrogens is 1. The van der Waals surface area contributed by atoms with E-state index in [9.17, 15) is 0 Å². The molecule has 2 aromatic rings. The lowest BCUT2D eigenvalue weighted by atomic mass is 10.2. The molecule has 0 spiro atoms. The molecule has 0 unspecified atom stereocenters. The fraction of sp³-hybridized carbons (Fsp3) is 0.467. The van der Waals surface area contributed by atoms with E-state index in [0.717, 1.165) is 11.0 Å². The van der Waals surface area contributed by atoms with Gasteiger partial charge in [-0.25, -0.2) is 0 Å². The van der Waals surface area contributed by atoms with Crippen molar-refractivity contribution in [1.82, 2.24) is 9.05 Å². The molecule has 1 aromatic carbocycles. The molecule has 92 valence electrons. The van der Waals surface area contributed by atoms with E-state index in [-0.39, 0.29) is 0 Å². The van der Waals surface area contributed by atoms with Gasteiger partial charge in [0.05, 0.1) is 38.2 Å². The van der Waals surface area contributed by atoms with Crippen LogP contribution in [0, 0.1) is 0 Å². The second-order valence-electron chi connectivity index (χ2n) is 5.59. The third-order valence-electron chi connectivity index (χ3n) is 3.24. The van der Waals surface area contributed by atoms with Crippen molar-refractivity contribution in [3.05, 3.63) is 30.5 Å². The normalized spacial score (nSPS) is 12.2. The van der Waals surface area contributed by atoms with Crippen LogP contribution in [0.15, 0.2) is 30.5 Å². The number of benzene rings is 1. The summed E-state index contributed by atoms with van der Waals surface area (Å²) in [6, 6.07) is 8.72. The molecule has 0 aliphatic carbocycles. The van der Waals surface area contributed by atoms with E-state index in [4.69, 9.17) is 0 Å². The van der Waals surface area contributed by atoms with Gasteiger partial charge in [-0.3, -0.25) is 4.48 Å². The average molecular weight is 231 g/mol. The van der Waals surface area contributed by atoms with Gasteiger partial charge in [-0.15, -0.1) is 0 Å². The van der Waals surface area contributed by atoms with Crippen molar-refractivity contribution in [3.8, 4) is 0 Å². The number of aryl methyl sites for hydroxylation is 1. The molecular weight excluding hydrogens is 208 g/mol. The number of hydrogen-bond donors (Lipinski definition) is 0. The Bertz CT molecular complexity index is 503. The zero-order chi connectivity index (χ0) is 12.5. The lowest BCUT2D eigenvalue weighted by molar-refractivity contribution is 0.487. The Morgan fingerprint density at radius 3 is 2.47 bits per heavy atom. The molecule has 0 amide bonds. The Hall–Kier alpha value is -1.28. The number of rotatable bonds is 4. The zero-order valence-corrected chi connectivity index (χ0v) is 11.4. The number of quaternary nitrogens is 1. The van der Waals surface area contributed by atoms with Crippen LogP contribution in [-0.2, 0) is 6.54 Å². The highest BCUT2D eigenvalue weighted by atomic mass is 15.3. The number of unbranched alkanes of at least 4 members (excludes halogenated alkanes) is 1. The van der Waals surface area contributed by atoms with Crippen LogP contribution in [0.1, 0.15) is 19.8 Å². The largest absolute Gasteiger partial charge is 0.342 e. The van der Waals surface area contributed by atoms with Crippen LogP contribution in [0.4, 0.5) is 5.69 Å². The fourth-order valence-corrected chi connectivity index (χ4v) is 2.28. The molecule has 0 radical (unpaired) electrons.